The summed E-state index contributed by atoms with van der Waals surface area (Å²) in [5.74, 6) is -0.0733. The van der Waals surface area contributed by atoms with Gasteiger partial charge in [0.25, 0.3) is 5.91 Å². The fourth-order valence-electron chi connectivity index (χ4n) is 3.88. The molecule has 24 heavy (non-hydrogen) atoms. The van der Waals surface area contributed by atoms with Gasteiger partial charge in [-0.3, -0.25) is 14.5 Å². The fourth-order valence-corrected chi connectivity index (χ4v) is 3.88. The largest absolute Gasteiger partial charge is 0.342 e. The summed E-state index contributed by atoms with van der Waals surface area (Å²) in [6, 6.07) is 3.35. The van der Waals surface area contributed by atoms with Gasteiger partial charge in [0.2, 0.25) is 5.91 Å². The summed E-state index contributed by atoms with van der Waals surface area (Å²) in [6.45, 7) is 2.98. The van der Waals surface area contributed by atoms with E-state index in [0.29, 0.717) is 25.9 Å². The van der Waals surface area contributed by atoms with Crippen molar-refractivity contribution in [1.29, 1.82) is 0 Å². The Kier molecular flexibility index (Phi) is 4.11. The normalized spacial score (nSPS) is 21.7. The van der Waals surface area contributed by atoms with Crippen LogP contribution in [0.25, 0.3) is 0 Å². The van der Waals surface area contributed by atoms with Gasteiger partial charge in [-0.15, -0.1) is 0 Å². The molecule has 0 aromatic carbocycles. The van der Waals surface area contributed by atoms with Gasteiger partial charge in [-0.1, -0.05) is 6.92 Å². The van der Waals surface area contributed by atoms with Crippen LogP contribution >= 0.6 is 0 Å². The average molecular weight is 332 g/mol. The number of hydrogen-bond donors (Lipinski definition) is 0. The number of nitrogens with zero attached hydrogens (tertiary/aromatic N) is 4. The Labute approximate surface area is 141 Å². The lowest BCUT2D eigenvalue weighted by atomic mass is 9.86. The molecule has 1 aromatic heterocycles. The van der Waals surface area contributed by atoms with Gasteiger partial charge in [-0.2, -0.15) is 0 Å². The van der Waals surface area contributed by atoms with Crippen LogP contribution in [-0.4, -0.2) is 69.8 Å². The number of likely N-dealkylation sites (tertiary alicyclic amines) is 1. The minimum absolute atomic E-state index is 0.0799. The predicted octanol–water partition coefficient (Wildman–Crippen LogP) is 1.32. The van der Waals surface area contributed by atoms with Crippen molar-refractivity contribution in [3.05, 3.63) is 24.5 Å². The van der Waals surface area contributed by atoms with Gasteiger partial charge in [0.1, 0.15) is 11.6 Å². The maximum absolute atomic E-state index is 12.9. The first kappa shape index (κ1) is 16.5. The highest BCUT2D eigenvalue weighted by atomic mass is 16.2. The van der Waals surface area contributed by atoms with E-state index in [0.717, 1.165) is 6.42 Å². The molecule has 130 valence electrons. The molecular formula is C17H24N4O3. The standard InChI is InChI=1S/C17H24N4O3/c1-4-13(20-9-5-6-10-20)14(22)21-11-7-17(8-12-21)15(23)18(2)16(24)19(17)3/h5-6,9-10,13H,4,7-8,11-12H2,1-3H3/t13-/m1/s1. The van der Waals surface area contributed by atoms with Gasteiger partial charge in [-0.25, -0.2) is 4.79 Å². The molecule has 0 unspecified atom stereocenters. The van der Waals surface area contributed by atoms with E-state index in [-0.39, 0.29) is 23.9 Å². The molecule has 2 fully saturated rings. The third-order valence-corrected chi connectivity index (χ3v) is 5.48. The van der Waals surface area contributed by atoms with E-state index in [4.69, 9.17) is 0 Å². The lowest BCUT2D eigenvalue weighted by Gasteiger charge is -2.41. The topological polar surface area (TPSA) is 65.9 Å². The van der Waals surface area contributed by atoms with E-state index in [1.165, 1.54) is 11.9 Å². The third kappa shape index (κ3) is 2.30. The van der Waals surface area contributed by atoms with Gasteiger partial charge in [0.15, 0.2) is 0 Å². The van der Waals surface area contributed by atoms with Gasteiger partial charge < -0.3 is 14.4 Å². The maximum atomic E-state index is 12.9. The summed E-state index contributed by atoms with van der Waals surface area (Å²) < 4.78 is 1.93. The number of imide groups is 1. The maximum Gasteiger partial charge on any atom is 0.327 e. The Morgan fingerprint density at radius 2 is 1.75 bits per heavy atom. The highest BCUT2D eigenvalue weighted by Gasteiger charge is 2.55. The van der Waals surface area contributed by atoms with Crippen molar-refractivity contribution in [1.82, 2.24) is 19.3 Å². The second kappa shape index (κ2) is 5.96. The number of amides is 4. The molecule has 0 bridgehead atoms. The summed E-state index contributed by atoms with van der Waals surface area (Å²) in [5.41, 5.74) is -0.780. The summed E-state index contributed by atoms with van der Waals surface area (Å²) in [4.78, 5) is 42.0. The second-order valence-electron chi connectivity index (χ2n) is 6.62. The van der Waals surface area contributed by atoms with Crippen molar-refractivity contribution >= 4 is 17.8 Å². The molecule has 0 radical (unpaired) electrons. The molecule has 2 saturated heterocycles. The average Bonchev–Trinajstić information content (AvgIpc) is 3.17. The second-order valence-corrected chi connectivity index (χ2v) is 6.62. The highest BCUT2D eigenvalue weighted by molar-refractivity contribution is 6.06. The Balaban J connectivity index is 1.72. The molecule has 7 heteroatoms. The number of carbonyl (C=O) groups is 3. The van der Waals surface area contributed by atoms with Crippen LogP contribution in [0.1, 0.15) is 32.2 Å². The van der Waals surface area contributed by atoms with Gasteiger partial charge in [0.05, 0.1) is 0 Å². The van der Waals surface area contributed by atoms with E-state index < -0.39 is 5.54 Å². The molecular weight excluding hydrogens is 308 g/mol. The van der Waals surface area contributed by atoms with Crippen molar-refractivity contribution in [3.63, 3.8) is 0 Å². The molecule has 0 saturated carbocycles. The molecule has 1 aromatic rings. The summed E-state index contributed by atoms with van der Waals surface area (Å²) in [7, 11) is 3.20. The Hall–Kier alpha value is -2.31. The molecule has 0 aliphatic carbocycles. The molecule has 1 spiro atoms. The molecule has 3 heterocycles. The first-order valence-electron chi connectivity index (χ1n) is 8.39. The quantitative estimate of drug-likeness (QED) is 0.784. The van der Waals surface area contributed by atoms with Crippen LogP contribution in [0.5, 0.6) is 0 Å². The first-order chi connectivity index (χ1) is 11.4. The van der Waals surface area contributed by atoms with E-state index in [9.17, 15) is 14.4 Å². The Morgan fingerprint density at radius 1 is 1.17 bits per heavy atom. The van der Waals surface area contributed by atoms with Crippen LogP contribution in [0.3, 0.4) is 0 Å². The zero-order valence-electron chi connectivity index (χ0n) is 14.4. The molecule has 4 amide bonds. The Bertz CT molecular complexity index is 647. The van der Waals surface area contributed by atoms with Crippen LogP contribution in [0.2, 0.25) is 0 Å². The minimum atomic E-state index is -0.780. The molecule has 7 nitrogen and oxygen atoms in total. The minimum Gasteiger partial charge on any atom is -0.342 e. The van der Waals surface area contributed by atoms with Crippen LogP contribution in [-0.2, 0) is 9.59 Å². The van der Waals surface area contributed by atoms with E-state index >= 15 is 0 Å². The number of piperidine rings is 1. The van der Waals surface area contributed by atoms with Crippen molar-refractivity contribution in [2.45, 2.75) is 37.8 Å². The van der Waals surface area contributed by atoms with Crippen LogP contribution in [0.4, 0.5) is 4.79 Å². The Morgan fingerprint density at radius 3 is 2.21 bits per heavy atom. The number of rotatable bonds is 3. The van der Waals surface area contributed by atoms with Gasteiger partial charge >= 0.3 is 6.03 Å². The van der Waals surface area contributed by atoms with Crippen molar-refractivity contribution in [3.8, 4) is 0 Å². The van der Waals surface area contributed by atoms with Crippen LogP contribution < -0.4 is 0 Å². The third-order valence-electron chi connectivity index (χ3n) is 5.48. The van der Waals surface area contributed by atoms with Crippen molar-refractivity contribution < 1.29 is 14.4 Å². The van der Waals surface area contributed by atoms with E-state index in [1.807, 2.05) is 40.9 Å². The number of hydrogen-bond acceptors (Lipinski definition) is 3. The molecule has 0 N–H and O–H groups in total. The molecule has 1 atom stereocenters. The zero-order chi connectivity index (χ0) is 17.5. The van der Waals surface area contributed by atoms with Gasteiger partial charge in [-0.05, 0) is 31.4 Å². The van der Waals surface area contributed by atoms with Crippen molar-refractivity contribution in [2.24, 2.45) is 0 Å². The SMILES string of the molecule is CC[C@H](C(=O)N1CCC2(CC1)C(=O)N(C)C(=O)N2C)n1cccc1. The molecule has 2 aliphatic heterocycles. The number of likely N-dealkylation sites (N-methyl/N-ethyl adjacent to an activating group) is 2. The zero-order valence-corrected chi connectivity index (χ0v) is 14.4. The number of carbonyl (C=O) groups excluding carboxylic acids is 3. The fraction of sp³-hybridized carbons (Fsp3) is 0.588. The van der Waals surface area contributed by atoms with Gasteiger partial charge in [0, 0.05) is 39.6 Å². The lowest BCUT2D eigenvalue weighted by molar-refractivity contribution is -0.142. The number of aromatic nitrogens is 1. The highest BCUT2D eigenvalue weighted by Crippen LogP contribution is 2.36. The van der Waals surface area contributed by atoms with E-state index in [1.54, 1.807) is 11.9 Å². The molecule has 3 rings (SSSR count). The predicted molar refractivity (Wildman–Crippen MR) is 88.2 cm³/mol. The molecule has 2 aliphatic rings. The summed E-state index contributed by atoms with van der Waals surface area (Å²) in [6.07, 6.45) is 5.51. The first-order valence-corrected chi connectivity index (χ1v) is 8.39. The van der Waals surface area contributed by atoms with E-state index in [2.05, 4.69) is 0 Å². The van der Waals surface area contributed by atoms with Crippen LogP contribution in [0, 0.1) is 0 Å². The van der Waals surface area contributed by atoms with Crippen molar-refractivity contribution in [2.75, 3.05) is 27.2 Å². The monoisotopic (exact) mass is 332 g/mol. The summed E-state index contributed by atoms with van der Waals surface area (Å²) in [5, 5.41) is 0. The number of urea groups is 1. The summed E-state index contributed by atoms with van der Waals surface area (Å²) >= 11 is 0. The lowest BCUT2D eigenvalue weighted by Crippen LogP contribution is -2.56. The smallest absolute Gasteiger partial charge is 0.327 e. The van der Waals surface area contributed by atoms with Crippen LogP contribution in [0.15, 0.2) is 24.5 Å².